The van der Waals surface area contributed by atoms with Gasteiger partial charge in [0.25, 0.3) is 0 Å². The molecule has 1 aliphatic heterocycles. The molecule has 6 heteroatoms. The smallest absolute Gasteiger partial charge is 0.353 e. The number of hydrazine groups is 1. The summed E-state index contributed by atoms with van der Waals surface area (Å²) in [4.78, 5) is 14.7. The SMILES string of the molecule is O=C(O)C1=CC(Cl)N(c2ccccn2)N1. The Kier molecular flexibility index (Phi) is 2.47. The molecular formula is C9H8ClN3O2. The first-order valence-electron chi connectivity index (χ1n) is 4.24. The fourth-order valence-corrected chi connectivity index (χ4v) is 1.51. The summed E-state index contributed by atoms with van der Waals surface area (Å²) >= 11 is 5.94. The van der Waals surface area contributed by atoms with E-state index in [1.54, 1.807) is 24.4 Å². The number of aromatic nitrogens is 1. The van der Waals surface area contributed by atoms with Crippen LogP contribution in [0, 0.1) is 0 Å². The summed E-state index contributed by atoms with van der Waals surface area (Å²) in [5, 5.41) is 10.2. The summed E-state index contributed by atoms with van der Waals surface area (Å²) in [6, 6.07) is 5.31. The van der Waals surface area contributed by atoms with E-state index in [9.17, 15) is 4.79 Å². The molecule has 1 aromatic heterocycles. The number of rotatable bonds is 2. The maximum atomic E-state index is 10.7. The number of anilines is 1. The monoisotopic (exact) mass is 225 g/mol. The number of hydrogen-bond acceptors (Lipinski definition) is 4. The third-order valence-electron chi connectivity index (χ3n) is 1.92. The molecule has 0 spiro atoms. The molecular weight excluding hydrogens is 218 g/mol. The van der Waals surface area contributed by atoms with E-state index in [2.05, 4.69) is 10.4 Å². The number of carboxylic acids is 1. The molecule has 0 fully saturated rings. The molecule has 0 saturated carbocycles. The van der Waals surface area contributed by atoms with Gasteiger partial charge < -0.3 is 5.11 Å². The van der Waals surface area contributed by atoms with Crippen molar-refractivity contribution in [3.05, 3.63) is 36.2 Å². The first-order chi connectivity index (χ1) is 7.18. The van der Waals surface area contributed by atoms with Crippen LogP contribution in [0.4, 0.5) is 5.82 Å². The molecule has 2 rings (SSSR count). The summed E-state index contributed by atoms with van der Waals surface area (Å²) in [6.45, 7) is 0. The lowest BCUT2D eigenvalue weighted by atomic mass is 10.4. The predicted molar refractivity (Wildman–Crippen MR) is 55.2 cm³/mol. The molecule has 5 nitrogen and oxygen atoms in total. The molecule has 2 heterocycles. The number of nitrogens with one attached hydrogen (secondary N) is 1. The van der Waals surface area contributed by atoms with Gasteiger partial charge in [0.2, 0.25) is 0 Å². The van der Waals surface area contributed by atoms with Gasteiger partial charge in [-0.25, -0.2) is 14.8 Å². The Labute approximate surface area is 91.0 Å². The maximum Gasteiger partial charge on any atom is 0.353 e. The molecule has 0 amide bonds. The highest BCUT2D eigenvalue weighted by atomic mass is 35.5. The van der Waals surface area contributed by atoms with Gasteiger partial charge in [-0.15, -0.1) is 0 Å². The molecule has 78 valence electrons. The largest absolute Gasteiger partial charge is 0.477 e. The Morgan fingerprint density at radius 1 is 1.60 bits per heavy atom. The molecule has 1 unspecified atom stereocenters. The average Bonchev–Trinajstić information content (AvgIpc) is 2.62. The molecule has 0 radical (unpaired) electrons. The van der Waals surface area contributed by atoms with Crippen LogP contribution in [-0.2, 0) is 4.79 Å². The number of hydrogen-bond donors (Lipinski definition) is 2. The first kappa shape index (κ1) is 9.79. The molecule has 0 saturated heterocycles. The molecule has 15 heavy (non-hydrogen) atoms. The third-order valence-corrected chi connectivity index (χ3v) is 2.24. The lowest BCUT2D eigenvalue weighted by molar-refractivity contribution is -0.133. The second-order valence-electron chi connectivity index (χ2n) is 2.93. The molecule has 0 aliphatic carbocycles. The fraction of sp³-hybridized carbons (Fsp3) is 0.111. The van der Waals surface area contributed by atoms with Crippen LogP contribution >= 0.6 is 11.6 Å². The van der Waals surface area contributed by atoms with Crippen LogP contribution < -0.4 is 10.4 Å². The van der Waals surface area contributed by atoms with Crippen LogP contribution in [0.15, 0.2) is 36.2 Å². The predicted octanol–water partition coefficient (Wildman–Crippen LogP) is 0.940. The molecule has 1 atom stereocenters. The number of carboxylic acid groups (broad SMARTS) is 1. The van der Waals surface area contributed by atoms with E-state index < -0.39 is 11.5 Å². The van der Waals surface area contributed by atoms with Crippen molar-refractivity contribution in [3.63, 3.8) is 0 Å². The summed E-state index contributed by atoms with van der Waals surface area (Å²) in [5.41, 5.74) is 2.16. The lowest BCUT2D eigenvalue weighted by Gasteiger charge is -2.21. The van der Waals surface area contributed by atoms with Crippen LogP contribution in [0.25, 0.3) is 0 Å². The van der Waals surface area contributed by atoms with Crippen molar-refractivity contribution in [2.45, 2.75) is 5.50 Å². The van der Waals surface area contributed by atoms with Gasteiger partial charge in [0.15, 0.2) is 0 Å². The van der Waals surface area contributed by atoms with Crippen molar-refractivity contribution in [2.24, 2.45) is 0 Å². The number of carbonyl (C=O) groups is 1. The average molecular weight is 226 g/mol. The number of halogens is 1. The van der Waals surface area contributed by atoms with Gasteiger partial charge in [-0.1, -0.05) is 17.7 Å². The number of aliphatic carboxylic acids is 1. The molecule has 2 N–H and O–H groups in total. The molecule has 0 aromatic carbocycles. The Bertz CT molecular complexity index is 407. The third kappa shape index (κ3) is 1.87. The highest BCUT2D eigenvalue weighted by molar-refractivity contribution is 6.23. The lowest BCUT2D eigenvalue weighted by Crippen LogP contribution is -2.37. The van der Waals surface area contributed by atoms with E-state index in [0.29, 0.717) is 5.82 Å². The van der Waals surface area contributed by atoms with E-state index in [0.717, 1.165) is 0 Å². The van der Waals surface area contributed by atoms with Crippen molar-refractivity contribution in [1.82, 2.24) is 10.4 Å². The minimum Gasteiger partial charge on any atom is -0.477 e. The van der Waals surface area contributed by atoms with Crippen LogP contribution in [0.2, 0.25) is 0 Å². The molecule has 1 aromatic rings. The van der Waals surface area contributed by atoms with E-state index in [1.165, 1.54) is 11.1 Å². The Morgan fingerprint density at radius 2 is 2.40 bits per heavy atom. The van der Waals surface area contributed by atoms with Crippen LogP contribution in [0.5, 0.6) is 0 Å². The first-order valence-corrected chi connectivity index (χ1v) is 4.68. The zero-order valence-electron chi connectivity index (χ0n) is 7.59. The van der Waals surface area contributed by atoms with Crippen molar-refractivity contribution >= 4 is 23.4 Å². The topological polar surface area (TPSA) is 65.5 Å². The zero-order valence-corrected chi connectivity index (χ0v) is 8.35. The van der Waals surface area contributed by atoms with Crippen LogP contribution in [-0.4, -0.2) is 21.6 Å². The number of nitrogens with zero attached hydrogens (tertiary/aromatic N) is 2. The van der Waals surface area contributed by atoms with Gasteiger partial charge in [0.1, 0.15) is 17.0 Å². The van der Waals surface area contributed by atoms with Crippen molar-refractivity contribution in [3.8, 4) is 0 Å². The van der Waals surface area contributed by atoms with E-state index >= 15 is 0 Å². The Hall–Kier alpha value is -1.75. The van der Waals surface area contributed by atoms with Crippen LogP contribution in [0.3, 0.4) is 0 Å². The fourth-order valence-electron chi connectivity index (χ4n) is 1.24. The summed E-state index contributed by atoms with van der Waals surface area (Å²) in [7, 11) is 0. The van der Waals surface area contributed by atoms with Crippen molar-refractivity contribution in [1.29, 1.82) is 0 Å². The highest BCUT2D eigenvalue weighted by Gasteiger charge is 2.26. The molecule has 0 bridgehead atoms. The second-order valence-corrected chi connectivity index (χ2v) is 3.38. The second kappa shape index (κ2) is 3.78. The van der Waals surface area contributed by atoms with Crippen molar-refractivity contribution in [2.75, 3.05) is 5.01 Å². The van der Waals surface area contributed by atoms with Gasteiger partial charge in [0, 0.05) is 6.20 Å². The Balaban J connectivity index is 2.20. The highest BCUT2D eigenvalue weighted by Crippen LogP contribution is 2.20. The van der Waals surface area contributed by atoms with E-state index in [1.807, 2.05) is 0 Å². The van der Waals surface area contributed by atoms with Gasteiger partial charge in [-0.2, -0.15) is 0 Å². The Morgan fingerprint density at radius 3 is 2.93 bits per heavy atom. The van der Waals surface area contributed by atoms with Gasteiger partial charge in [-0.3, -0.25) is 5.43 Å². The summed E-state index contributed by atoms with van der Waals surface area (Å²) in [6.07, 6.45) is 3.03. The van der Waals surface area contributed by atoms with E-state index in [4.69, 9.17) is 16.7 Å². The quantitative estimate of drug-likeness (QED) is 0.579. The van der Waals surface area contributed by atoms with E-state index in [-0.39, 0.29) is 5.70 Å². The normalized spacial score (nSPS) is 19.7. The van der Waals surface area contributed by atoms with Crippen molar-refractivity contribution < 1.29 is 9.90 Å². The summed E-state index contributed by atoms with van der Waals surface area (Å²) < 4.78 is 0. The van der Waals surface area contributed by atoms with Crippen LogP contribution in [0.1, 0.15) is 0 Å². The zero-order chi connectivity index (χ0) is 10.8. The maximum absolute atomic E-state index is 10.7. The van der Waals surface area contributed by atoms with Gasteiger partial charge in [0.05, 0.1) is 0 Å². The number of pyridine rings is 1. The standard InChI is InChI=1S/C9H8ClN3O2/c10-7-5-6(9(14)15)12-13(7)8-3-1-2-4-11-8/h1-5,7,12H,(H,14,15). The number of alkyl halides is 1. The minimum atomic E-state index is -1.04. The van der Waals surface area contributed by atoms with Gasteiger partial charge in [-0.05, 0) is 18.2 Å². The van der Waals surface area contributed by atoms with Gasteiger partial charge >= 0.3 is 5.97 Å². The minimum absolute atomic E-state index is 0.0562. The summed E-state index contributed by atoms with van der Waals surface area (Å²) in [5.74, 6) is -0.468. The molecule has 1 aliphatic rings.